The largest absolute Gasteiger partial charge is 0.462 e. The van der Waals surface area contributed by atoms with Gasteiger partial charge in [0.25, 0.3) is 0 Å². The van der Waals surface area contributed by atoms with Crippen molar-refractivity contribution in [2.24, 2.45) is 0 Å². The summed E-state index contributed by atoms with van der Waals surface area (Å²) in [5.41, 5.74) is 0. The van der Waals surface area contributed by atoms with Crippen molar-refractivity contribution in [1.29, 1.82) is 0 Å². The molecule has 15 nitrogen and oxygen atoms in total. The molecular formula is C55H99NO14. The van der Waals surface area contributed by atoms with Gasteiger partial charge in [-0.15, -0.1) is 0 Å². The van der Waals surface area contributed by atoms with Crippen LogP contribution in [0.3, 0.4) is 0 Å². The van der Waals surface area contributed by atoms with Crippen LogP contribution in [0.25, 0.3) is 0 Å². The molecule has 70 heavy (non-hydrogen) atoms. The smallest absolute Gasteiger partial charge is 0.306 e. The predicted molar refractivity (Wildman–Crippen MR) is 272 cm³/mol. The zero-order valence-corrected chi connectivity index (χ0v) is 45.0. The number of ether oxygens (including phenoxy) is 7. The van der Waals surface area contributed by atoms with Gasteiger partial charge in [0.15, 0.2) is 12.2 Å². The number of esters is 7. The Balaban J connectivity index is 5.73. The molecule has 0 amide bonds. The fourth-order valence-corrected chi connectivity index (χ4v) is 7.56. The minimum atomic E-state index is -1.05. The quantitative estimate of drug-likeness (QED) is 0.0318. The lowest BCUT2D eigenvalue weighted by Crippen LogP contribution is -2.32. The fraction of sp³-hybridized carbons (Fsp3) is 0.873. The Morgan fingerprint density at radius 2 is 0.543 bits per heavy atom. The van der Waals surface area contributed by atoms with Crippen LogP contribution in [0.15, 0.2) is 0 Å². The molecule has 0 N–H and O–H groups in total. The van der Waals surface area contributed by atoms with Crippen LogP contribution in [0.5, 0.6) is 0 Å². The molecule has 0 rings (SSSR count). The number of hydrogen-bond donors (Lipinski definition) is 0. The second-order valence-electron chi connectivity index (χ2n) is 19.1. The first-order valence-electron chi connectivity index (χ1n) is 27.7. The molecule has 0 saturated carbocycles. The summed E-state index contributed by atoms with van der Waals surface area (Å²) in [6, 6.07) is 0. The molecule has 0 radical (unpaired) electrons. The molecule has 0 unspecified atom stereocenters. The second kappa shape index (κ2) is 47.6. The van der Waals surface area contributed by atoms with Crippen LogP contribution in [0.2, 0.25) is 0 Å². The molecule has 0 bridgehead atoms. The van der Waals surface area contributed by atoms with Gasteiger partial charge in [0.05, 0.1) is 0 Å². The molecule has 0 atom stereocenters. The van der Waals surface area contributed by atoms with E-state index in [4.69, 9.17) is 33.2 Å². The number of rotatable bonds is 49. The van der Waals surface area contributed by atoms with Crippen molar-refractivity contribution in [2.45, 2.75) is 264 Å². The molecule has 0 aliphatic heterocycles. The average Bonchev–Trinajstić information content (AvgIpc) is 3.33. The maximum atomic E-state index is 13.3. The van der Waals surface area contributed by atoms with Gasteiger partial charge in [0.1, 0.15) is 32.5 Å². The summed E-state index contributed by atoms with van der Waals surface area (Å²) in [4.78, 5) is 92.0. The van der Waals surface area contributed by atoms with Crippen molar-refractivity contribution in [3.8, 4) is 0 Å². The van der Waals surface area contributed by atoms with Crippen molar-refractivity contribution in [3.05, 3.63) is 0 Å². The van der Waals surface area contributed by atoms with Gasteiger partial charge in [0.2, 0.25) is 0 Å². The highest BCUT2D eigenvalue weighted by Gasteiger charge is 2.25. The van der Waals surface area contributed by atoms with E-state index in [-0.39, 0.29) is 84.2 Å². The highest BCUT2D eigenvalue weighted by molar-refractivity contribution is 5.73. The van der Waals surface area contributed by atoms with Gasteiger partial charge < -0.3 is 38.1 Å². The third kappa shape index (κ3) is 44.2. The second-order valence-corrected chi connectivity index (χ2v) is 19.1. The van der Waals surface area contributed by atoms with Crippen LogP contribution in [0.4, 0.5) is 0 Å². The first-order chi connectivity index (χ1) is 33.8. The standard InChI is InChI=1S/C55H99NO14/c1-7-11-15-19-23-27-32-49(57)64-42-47(43-65-50(58)33-28-24-20-16-12-8-2)69-54(62)39-37-46(68-53(61)36-31-41-56(5)6)38-40-55(63)70-48(44-66-51(59)34-29-25-21-17-13-9-3)45-67-52(60)35-30-26-22-18-14-10-4/h46-48H,7-45H2,1-6H3. The van der Waals surface area contributed by atoms with Gasteiger partial charge in [-0.2, -0.15) is 0 Å². The van der Waals surface area contributed by atoms with E-state index < -0.39 is 60.1 Å². The number of carbonyl (C=O) groups is 7. The summed E-state index contributed by atoms with van der Waals surface area (Å²) in [6.45, 7) is 8.09. The Morgan fingerprint density at radius 3 is 0.829 bits per heavy atom. The first kappa shape index (κ1) is 66.2. The van der Waals surface area contributed by atoms with Crippen LogP contribution in [-0.2, 0) is 66.7 Å². The zero-order valence-electron chi connectivity index (χ0n) is 45.0. The lowest BCUT2D eigenvalue weighted by atomic mass is 10.1. The molecule has 0 aromatic carbocycles. The zero-order chi connectivity index (χ0) is 51.9. The summed E-state index contributed by atoms with van der Waals surface area (Å²) in [5.74, 6) is -3.58. The van der Waals surface area contributed by atoms with E-state index in [0.717, 1.165) is 128 Å². The highest BCUT2D eigenvalue weighted by atomic mass is 16.6. The molecule has 0 heterocycles. The lowest BCUT2D eigenvalue weighted by Gasteiger charge is -2.21. The van der Waals surface area contributed by atoms with E-state index in [2.05, 4.69) is 27.7 Å². The van der Waals surface area contributed by atoms with Gasteiger partial charge in [-0.3, -0.25) is 33.6 Å². The van der Waals surface area contributed by atoms with Crippen molar-refractivity contribution < 1.29 is 66.7 Å². The maximum absolute atomic E-state index is 13.3. The Hall–Kier alpha value is -3.75. The summed E-state index contributed by atoms with van der Waals surface area (Å²) >= 11 is 0. The van der Waals surface area contributed by atoms with E-state index in [1.165, 1.54) is 0 Å². The van der Waals surface area contributed by atoms with Crippen molar-refractivity contribution in [1.82, 2.24) is 4.90 Å². The highest BCUT2D eigenvalue weighted by Crippen LogP contribution is 2.17. The van der Waals surface area contributed by atoms with E-state index in [9.17, 15) is 33.6 Å². The predicted octanol–water partition coefficient (Wildman–Crippen LogP) is 11.8. The summed E-state index contributed by atoms with van der Waals surface area (Å²) in [5, 5.41) is 0. The van der Waals surface area contributed by atoms with Crippen LogP contribution in [0.1, 0.15) is 246 Å². The van der Waals surface area contributed by atoms with Gasteiger partial charge in [0, 0.05) is 44.9 Å². The monoisotopic (exact) mass is 998 g/mol. The Bertz CT molecular complexity index is 1210. The fourth-order valence-electron chi connectivity index (χ4n) is 7.56. The molecule has 0 spiro atoms. The molecule has 0 saturated heterocycles. The molecule has 408 valence electrons. The van der Waals surface area contributed by atoms with Crippen LogP contribution < -0.4 is 0 Å². The van der Waals surface area contributed by atoms with E-state index >= 15 is 0 Å². The van der Waals surface area contributed by atoms with E-state index in [1.807, 2.05) is 19.0 Å². The summed E-state index contributed by atoms with van der Waals surface area (Å²) in [7, 11) is 3.79. The topological polar surface area (TPSA) is 187 Å². The SMILES string of the molecule is CCCCCCCCC(=O)OCC(COC(=O)CCCCCCCC)OC(=O)CCC(CCC(=O)OC(COC(=O)CCCCCCCC)COC(=O)CCCCCCCC)OC(=O)CCCN(C)C. The van der Waals surface area contributed by atoms with Gasteiger partial charge in [-0.1, -0.05) is 156 Å². The first-order valence-corrected chi connectivity index (χ1v) is 27.7. The number of carbonyl (C=O) groups excluding carboxylic acids is 7. The van der Waals surface area contributed by atoms with E-state index in [1.54, 1.807) is 0 Å². The molecular weight excluding hydrogens is 899 g/mol. The van der Waals surface area contributed by atoms with Gasteiger partial charge in [-0.05, 0) is 65.6 Å². The van der Waals surface area contributed by atoms with Crippen molar-refractivity contribution >= 4 is 41.8 Å². The molecule has 15 heteroatoms. The molecule has 0 fully saturated rings. The maximum Gasteiger partial charge on any atom is 0.306 e. The van der Waals surface area contributed by atoms with Crippen LogP contribution in [0, 0.1) is 0 Å². The minimum absolute atomic E-state index is 0.00341. The van der Waals surface area contributed by atoms with Crippen molar-refractivity contribution in [3.63, 3.8) is 0 Å². The van der Waals surface area contributed by atoms with Crippen molar-refractivity contribution in [2.75, 3.05) is 47.1 Å². The normalized spacial score (nSPS) is 11.3. The molecule has 0 aromatic heterocycles. The molecule has 0 aliphatic rings. The van der Waals surface area contributed by atoms with Crippen LogP contribution >= 0.6 is 0 Å². The Labute approximate surface area is 423 Å². The van der Waals surface area contributed by atoms with Crippen LogP contribution in [-0.4, -0.2) is 112 Å². The number of nitrogens with zero attached hydrogens (tertiary/aromatic N) is 1. The molecule has 0 aliphatic carbocycles. The summed E-state index contributed by atoms with van der Waals surface area (Å²) < 4.78 is 39.0. The summed E-state index contributed by atoms with van der Waals surface area (Å²) in [6.07, 6.45) is 22.3. The number of unbranched alkanes of at least 4 members (excludes halogenated alkanes) is 20. The lowest BCUT2D eigenvalue weighted by molar-refractivity contribution is -0.168. The number of hydrogen-bond acceptors (Lipinski definition) is 15. The van der Waals surface area contributed by atoms with Gasteiger partial charge in [-0.25, -0.2) is 0 Å². The van der Waals surface area contributed by atoms with Gasteiger partial charge >= 0.3 is 41.8 Å². The Morgan fingerprint density at radius 1 is 0.300 bits per heavy atom. The van der Waals surface area contributed by atoms with E-state index in [0.29, 0.717) is 38.6 Å². The Kier molecular flexibility index (Phi) is 45.0. The average molecular weight is 998 g/mol. The third-order valence-electron chi connectivity index (χ3n) is 11.9. The third-order valence-corrected chi connectivity index (χ3v) is 11.9. The molecule has 0 aromatic rings. The minimum Gasteiger partial charge on any atom is -0.462 e.